The Labute approximate surface area is 115 Å². The number of nitrogens with one attached hydrogen (secondary N) is 1. The molecule has 0 aromatic carbocycles. The number of imidazole rings is 1. The highest BCUT2D eigenvalue weighted by atomic mass is 15.0. The van der Waals surface area contributed by atoms with E-state index in [4.69, 9.17) is 0 Å². The third-order valence-corrected chi connectivity index (χ3v) is 3.58. The van der Waals surface area contributed by atoms with Crippen LogP contribution in [0.3, 0.4) is 0 Å². The lowest BCUT2D eigenvalue weighted by atomic mass is 9.93. The fourth-order valence-corrected chi connectivity index (χ4v) is 2.14. The summed E-state index contributed by atoms with van der Waals surface area (Å²) < 4.78 is 2.13. The Balaban J connectivity index is 2.31. The van der Waals surface area contributed by atoms with E-state index in [1.165, 1.54) is 16.8 Å². The number of hydrogen-bond acceptors (Lipinski definition) is 2. The van der Waals surface area contributed by atoms with Gasteiger partial charge in [-0.3, -0.25) is 0 Å². The van der Waals surface area contributed by atoms with Gasteiger partial charge in [0.1, 0.15) is 5.65 Å². The van der Waals surface area contributed by atoms with Gasteiger partial charge in [-0.15, -0.1) is 0 Å². The summed E-state index contributed by atoms with van der Waals surface area (Å²) in [6, 6.07) is 2.20. The van der Waals surface area contributed by atoms with Crippen molar-refractivity contribution in [1.82, 2.24) is 14.7 Å². The fourth-order valence-electron chi connectivity index (χ4n) is 2.14. The first-order valence-electron chi connectivity index (χ1n) is 6.66. The number of fused-ring (bicyclic) bond motifs is 1. The average Bonchev–Trinajstić information content (AvgIpc) is 2.76. The molecular weight excluding hydrogens is 234 g/mol. The minimum Gasteiger partial charge on any atom is -0.384 e. The zero-order valence-corrected chi connectivity index (χ0v) is 12.5. The second kappa shape index (κ2) is 4.72. The van der Waals surface area contributed by atoms with Crippen molar-refractivity contribution in [3.05, 3.63) is 47.6 Å². The van der Waals surface area contributed by atoms with Crippen molar-refractivity contribution in [3.63, 3.8) is 0 Å². The summed E-state index contributed by atoms with van der Waals surface area (Å²) in [5.74, 6) is 0. The Kier molecular flexibility index (Phi) is 3.40. The van der Waals surface area contributed by atoms with Gasteiger partial charge in [-0.1, -0.05) is 27.4 Å². The molecule has 0 atom stereocenters. The third-order valence-electron chi connectivity index (χ3n) is 3.58. The van der Waals surface area contributed by atoms with E-state index in [0.717, 1.165) is 17.9 Å². The monoisotopic (exact) mass is 257 g/mol. The molecule has 0 aliphatic rings. The number of rotatable bonds is 3. The van der Waals surface area contributed by atoms with Crippen LogP contribution in [0.1, 0.15) is 37.6 Å². The van der Waals surface area contributed by atoms with Crippen LogP contribution in [-0.2, 0) is 6.54 Å². The molecule has 0 aliphatic heterocycles. The smallest absolute Gasteiger partial charge is 0.142 e. The molecule has 0 saturated carbocycles. The molecule has 0 amide bonds. The first-order valence-corrected chi connectivity index (χ1v) is 6.66. The Hall–Kier alpha value is -1.77. The number of pyridine rings is 1. The minimum atomic E-state index is 0.0737. The van der Waals surface area contributed by atoms with Gasteiger partial charge in [0.05, 0.1) is 0 Å². The van der Waals surface area contributed by atoms with E-state index in [1.807, 2.05) is 12.4 Å². The van der Waals surface area contributed by atoms with Gasteiger partial charge in [-0.2, -0.15) is 0 Å². The lowest BCUT2D eigenvalue weighted by molar-refractivity contribution is 0.461. The molecule has 0 saturated heterocycles. The molecule has 0 bridgehead atoms. The SMILES string of the molecule is C=C(NCc1c(C)cc(C)n2ccnc12)C(C)(C)C. The van der Waals surface area contributed by atoms with Crippen molar-refractivity contribution >= 4 is 5.65 Å². The maximum atomic E-state index is 4.47. The number of aryl methyl sites for hydroxylation is 2. The summed E-state index contributed by atoms with van der Waals surface area (Å²) in [5.41, 5.74) is 5.88. The maximum absolute atomic E-state index is 4.47. The predicted octanol–water partition coefficient (Wildman–Crippen LogP) is 3.60. The minimum absolute atomic E-state index is 0.0737. The summed E-state index contributed by atoms with van der Waals surface area (Å²) in [6.07, 6.45) is 3.86. The molecular formula is C16H23N3. The normalized spacial score (nSPS) is 11.8. The first-order chi connectivity index (χ1) is 8.80. The molecule has 0 unspecified atom stereocenters. The van der Waals surface area contributed by atoms with E-state index in [1.54, 1.807) is 0 Å². The van der Waals surface area contributed by atoms with Crippen LogP contribution in [0.25, 0.3) is 5.65 Å². The number of hydrogen-bond donors (Lipinski definition) is 1. The summed E-state index contributed by atoms with van der Waals surface area (Å²) in [5, 5.41) is 3.43. The maximum Gasteiger partial charge on any atom is 0.142 e. The highest BCUT2D eigenvalue weighted by molar-refractivity contribution is 5.53. The molecule has 3 nitrogen and oxygen atoms in total. The summed E-state index contributed by atoms with van der Waals surface area (Å²) >= 11 is 0. The molecule has 19 heavy (non-hydrogen) atoms. The molecule has 0 aliphatic carbocycles. The standard InChI is InChI=1S/C16H23N3/c1-11-9-12(2)19-8-7-17-15(19)14(11)10-18-13(3)16(4,5)6/h7-9,18H,3,10H2,1-2,4-6H3. The van der Waals surface area contributed by atoms with Gasteiger partial charge in [-0.05, 0) is 25.5 Å². The third kappa shape index (κ3) is 2.65. The molecule has 102 valence electrons. The number of nitrogens with zero attached hydrogens (tertiary/aromatic N) is 2. The van der Waals surface area contributed by atoms with Crippen molar-refractivity contribution in [2.24, 2.45) is 5.41 Å². The van der Waals surface area contributed by atoms with Gasteiger partial charge in [0, 0.05) is 41.3 Å². The van der Waals surface area contributed by atoms with Crippen LogP contribution in [0.5, 0.6) is 0 Å². The van der Waals surface area contributed by atoms with Gasteiger partial charge >= 0.3 is 0 Å². The van der Waals surface area contributed by atoms with E-state index in [2.05, 4.69) is 62.0 Å². The van der Waals surface area contributed by atoms with Crippen molar-refractivity contribution in [2.75, 3.05) is 0 Å². The van der Waals surface area contributed by atoms with Gasteiger partial charge in [0.25, 0.3) is 0 Å². The highest BCUT2D eigenvalue weighted by Crippen LogP contribution is 2.23. The van der Waals surface area contributed by atoms with Gasteiger partial charge < -0.3 is 9.72 Å². The van der Waals surface area contributed by atoms with E-state index in [9.17, 15) is 0 Å². The van der Waals surface area contributed by atoms with Gasteiger partial charge in [0.15, 0.2) is 0 Å². The molecule has 2 rings (SSSR count). The molecule has 2 aromatic heterocycles. The quantitative estimate of drug-likeness (QED) is 0.910. The Morgan fingerprint density at radius 3 is 2.68 bits per heavy atom. The number of aromatic nitrogens is 2. The predicted molar refractivity (Wildman–Crippen MR) is 80.1 cm³/mol. The highest BCUT2D eigenvalue weighted by Gasteiger charge is 2.15. The van der Waals surface area contributed by atoms with Crippen LogP contribution >= 0.6 is 0 Å². The van der Waals surface area contributed by atoms with Crippen molar-refractivity contribution in [3.8, 4) is 0 Å². The Bertz CT molecular complexity index is 615. The van der Waals surface area contributed by atoms with E-state index in [-0.39, 0.29) is 5.41 Å². The van der Waals surface area contributed by atoms with Gasteiger partial charge in [-0.25, -0.2) is 4.98 Å². The molecule has 0 spiro atoms. The second-order valence-electron chi connectivity index (χ2n) is 6.15. The van der Waals surface area contributed by atoms with Crippen LogP contribution in [0.15, 0.2) is 30.7 Å². The molecule has 0 fully saturated rings. The van der Waals surface area contributed by atoms with Gasteiger partial charge in [0.2, 0.25) is 0 Å². The average molecular weight is 257 g/mol. The zero-order valence-electron chi connectivity index (χ0n) is 12.5. The topological polar surface area (TPSA) is 29.3 Å². The van der Waals surface area contributed by atoms with Crippen molar-refractivity contribution in [2.45, 2.75) is 41.2 Å². The van der Waals surface area contributed by atoms with Crippen LogP contribution in [0, 0.1) is 19.3 Å². The van der Waals surface area contributed by atoms with Crippen molar-refractivity contribution in [1.29, 1.82) is 0 Å². The Morgan fingerprint density at radius 2 is 2.05 bits per heavy atom. The lowest BCUT2D eigenvalue weighted by Crippen LogP contribution is -2.23. The first kappa shape index (κ1) is 13.7. The second-order valence-corrected chi connectivity index (χ2v) is 6.15. The molecule has 1 N–H and O–H groups in total. The van der Waals surface area contributed by atoms with Crippen LogP contribution in [-0.4, -0.2) is 9.38 Å². The fraction of sp³-hybridized carbons (Fsp3) is 0.438. The summed E-state index contributed by atoms with van der Waals surface area (Å²) in [6.45, 7) is 15.6. The molecule has 0 radical (unpaired) electrons. The summed E-state index contributed by atoms with van der Waals surface area (Å²) in [7, 11) is 0. The molecule has 2 heterocycles. The van der Waals surface area contributed by atoms with Crippen LogP contribution < -0.4 is 5.32 Å². The van der Waals surface area contributed by atoms with E-state index in [0.29, 0.717) is 0 Å². The largest absolute Gasteiger partial charge is 0.384 e. The zero-order chi connectivity index (χ0) is 14.2. The number of allylic oxidation sites excluding steroid dienone is 1. The van der Waals surface area contributed by atoms with Crippen LogP contribution in [0.4, 0.5) is 0 Å². The van der Waals surface area contributed by atoms with Crippen LogP contribution in [0.2, 0.25) is 0 Å². The summed E-state index contributed by atoms with van der Waals surface area (Å²) in [4.78, 5) is 4.47. The molecule has 2 aromatic rings. The Morgan fingerprint density at radius 1 is 1.37 bits per heavy atom. The van der Waals surface area contributed by atoms with E-state index < -0.39 is 0 Å². The van der Waals surface area contributed by atoms with E-state index >= 15 is 0 Å². The van der Waals surface area contributed by atoms with Crippen molar-refractivity contribution < 1.29 is 0 Å². The lowest BCUT2D eigenvalue weighted by Gasteiger charge is -2.24. The molecule has 3 heteroatoms.